The van der Waals surface area contributed by atoms with Gasteiger partial charge in [-0.25, -0.2) is 0 Å². The molecule has 1 saturated heterocycles. The molecule has 0 unspecified atom stereocenters. The van der Waals surface area contributed by atoms with Gasteiger partial charge in [0.05, 0.1) is 12.7 Å². The van der Waals surface area contributed by atoms with E-state index in [0.717, 1.165) is 11.1 Å². The number of halogens is 3. The molecule has 36 heavy (non-hydrogen) atoms. The molecule has 4 rings (SSSR count). The van der Waals surface area contributed by atoms with E-state index in [2.05, 4.69) is 10.3 Å². The van der Waals surface area contributed by atoms with Crippen molar-refractivity contribution in [3.8, 4) is 17.2 Å². The zero-order valence-electron chi connectivity index (χ0n) is 19.9. The lowest BCUT2D eigenvalue weighted by atomic mass is 10.0. The monoisotopic (exact) mass is 554 g/mol. The lowest BCUT2D eigenvalue weighted by Gasteiger charge is -2.30. The van der Waals surface area contributed by atoms with Crippen LogP contribution in [0.15, 0.2) is 42.5 Å². The SMILES string of the molecule is Cc1cccc([C@@H]2CCO[P@@](=O)(CNc3nc(F)c(Cl)c(Oc4ccc(O)c(C(C)C)c4)c3Cl)O2)c1. The molecule has 2 N–H and O–H groups in total. The topological polar surface area (TPSA) is 89.9 Å². The normalized spacial score (nSPS) is 19.9. The minimum Gasteiger partial charge on any atom is -0.508 e. The van der Waals surface area contributed by atoms with Crippen LogP contribution in [0.2, 0.25) is 10.0 Å². The molecule has 0 radical (unpaired) electrons. The van der Waals surface area contributed by atoms with Gasteiger partial charge in [-0.2, -0.15) is 9.37 Å². The summed E-state index contributed by atoms with van der Waals surface area (Å²) in [7, 11) is -3.60. The van der Waals surface area contributed by atoms with Gasteiger partial charge in [0.2, 0.25) is 5.95 Å². The molecule has 192 valence electrons. The first kappa shape index (κ1) is 26.7. The maximum atomic E-state index is 14.6. The number of phenolic OH excluding ortho intramolecular Hbond substituents is 1. The number of aromatic hydroxyl groups is 1. The zero-order chi connectivity index (χ0) is 26.0. The average molecular weight is 555 g/mol. The van der Waals surface area contributed by atoms with Crippen molar-refractivity contribution in [1.29, 1.82) is 0 Å². The van der Waals surface area contributed by atoms with Gasteiger partial charge in [-0.3, -0.25) is 9.09 Å². The highest BCUT2D eigenvalue weighted by atomic mass is 35.5. The Labute approximate surface area is 219 Å². The quantitative estimate of drug-likeness (QED) is 0.224. The van der Waals surface area contributed by atoms with Crippen molar-refractivity contribution >= 4 is 36.6 Å². The van der Waals surface area contributed by atoms with Gasteiger partial charge in [0, 0.05) is 12.0 Å². The van der Waals surface area contributed by atoms with Gasteiger partial charge in [-0.15, -0.1) is 0 Å². The Morgan fingerprint density at radius 2 is 2.03 bits per heavy atom. The standard InChI is InChI=1S/C25H26Cl2FN2O5P/c1-14(2)18-12-17(7-8-19(18)31)34-23-21(26)24(28)30-25(22(23)27)29-13-36(32)33-10-9-20(35-36)16-6-4-5-15(3)11-16/h4-8,11-12,14,20,31H,9-10,13H2,1-3H3,(H,29,30)/t20-,36-/m0/s1. The van der Waals surface area contributed by atoms with Crippen molar-refractivity contribution < 1.29 is 27.8 Å². The minimum atomic E-state index is -3.60. The number of pyridine rings is 1. The van der Waals surface area contributed by atoms with E-state index in [0.29, 0.717) is 17.7 Å². The number of hydrogen-bond donors (Lipinski definition) is 2. The molecule has 2 atom stereocenters. The van der Waals surface area contributed by atoms with Crippen LogP contribution >= 0.6 is 30.8 Å². The summed E-state index contributed by atoms with van der Waals surface area (Å²) < 4.78 is 45.0. The van der Waals surface area contributed by atoms with Crippen LogP contribution in [-0.4, -0.2) is 23.0 Å². The Balaban J connectivity index is 1.54. The van der Waals surface area contributed by atoms with Crippen molar-refractivity contribution in [3.05, 3.63) is 75.1 Å². The van der Waals surface area contributed by atoms with Gasteiger partial charge in [0.15, 0.2) is 11.6 Å². The van der Waals surface area contributed by atoms with Crippen LogP contribution < -0.4 is 10.1 Å². The second-order valence-electron chi connectivity index (χ2n) is 8.76. The van der Waals surface area contributed by atoms with Crippen molar-refractivity contribution in [2.45, 2.75) is 39.2 Å². The van der Waals surface area contributed by atoms with E-state index >= 15 is 0 Å². The van der Waals surface area contributed by atoms with E-state index in [9.17, 15) is 14.1 Å². The molecule has 2 aromatic carbocycles. The molecule has 1 aromatic heterocycles. The predicted molar refractivity (Wildman–Crippen MR) is 138 cm³/mol. The van der Waals surface area contributed by atoms with Crippen LogP contribution in [0.1, 0.15) is 49.0 Å². The summed E-state index contributed by atoms with van der Waals surface area (Å²) in [5.41, 5.74) is 2.60. The van der Waals surface area contributed by atoms with Gasteiger partial charge < -0.3 is 19.7 Å². The highest BCUT2D eigenvalue weighted by molar-refractivity contribution is 7.54. The summed E-state index contributed by atoms with van der Waals surface area (Å²) in [5.74, 6) is -0.903. The Kier molecular flexibility index (Phi) is 8.12. The first-order valence-electron chi connectivity index (χ1n) is 11.3. The van der Waals surface area contributed by atoms with Gasteiger partial charge in [-0.05, 0) is 36.6 Å². The third kappa shape index (κ3) is 5.96. The number of nitrogens with one attached hydrogen (secondary N) is 1. The van der Waals surface area contributed by atoms with E-state index < -0.39 is 24.7 Å². The Bertz CT molecular complexity index is 1320. The fourth-order valence-electron chi connectivity index (χ4n) is 3.81. The maximum absolute atomic E-state index is 14.6. The maximum Gasteiger partial charge on any atom is 0.350 e. The number of hydrogen-bond acceptors (Lipinski definition) is 7. The van der Waals surface area contributed by atoms with Crippen LogP contribution in [0.3, 0.4) is 0 Å². The van der Waals surface area contributed by atoms with Gasteiger partial charge in [-0.1, -0.05) is 66.9 Å². The van der Waals surface area contributed by atoms with Crippen molar-refractivity contribution in [3.63, 3.8) is 0 Å². The smallest absolute Gasteiger partial charge is 0.350 e. The molecule has 0 bridgehead atoms. The summed E-state index contributed by atoms with van der Waals surface area (Å²) >= 11 is 12.6. The summed E-state index contributed by atoms with van der Waals surface area (Å²) in [6.07, 6.45) is -0.148. The van der Waals surface area contributed by atoms with Gasteiger partial charge >= 0.3 is 7.60 Å². The molecular formula is C25H26Cl2FN2O5P. The van der Waals surface area contributed by atoms with Gasteiger partial charge in [0.1, 0.15) is 27.8 Å². The highest BCUT2D eigenvalue weighted by Crippen LogP contribution is 2.56. The summed E-state index contributed by atoms with van der Waals surface area (Å²) in [6.45, 7) is 6.02. The molecule has 0 amide bonds. The third-order valence-corrected chi connectivity index (χ3v) is 8.02. The number of anilines is 1. The van der Waals surface area contributed by atoms with Crippen molar-refractivity contribution in [2.75, 3.05) is 18.2 Å². The van der Waals surface area contributed by atoms with E-state index in [1.54, 1.807) is 6.07 Å². The predicted octanol–water partition coefficient (Wildman–Crippen LogP) is 8.20. The average Bonchev–Trinajstić information content (AvgIpc) is 2.84. The molecule has 2 heterocycles. The highest BCUT2D eigenvalue weighted by Gasteiger charge is 2.35. The third-order valence-electron chi connectivity index (χ3n) is 5.65. The number of nitrogens with zero attached hydrogens (tertiary/aromatic N) is 1. The van der Waals surface area contributed by atoms with Crippen LogP contribution in [0.25, 0.3) is 0 Å². The van der Waals surface area contributed by atoms with Crippen LogP contribution in [-0.2, 0) is 13.6 Å². The number of ether oxygens (including phenoxy) is 1. The minimum absolute atomic E-state index is 0.0160. The summed E-state index contributed by atoms with van der Waals surface area (Å²) in [6, 6.07) is 12.3. The van der Waals surface area contributed by atoms with Crippen molar-refractivity contribution in [2.24, 2.45) is 0 Å². The largest absolute Gasteiger partial charge is 0.508 e. The van der Waals surface area contributed by atoms with Gasteiger partial charge in [0.25, 0.3) is 0 Å². The molecule has 11 heteroatoms. The molecule has 7 nitrogen and oxygen atoms in total. The molecule has 1 aliphatic rings. The summed E-state index contributed by atoms with van der Waals surface area (Å²) in [5, 5.41) is 12.3. The number of phenols is 1. The first-order valence-corrected chi connectivity index (χ1v) is 13.8. The zero-order valence-corrected chi connectivity index (χ0v) is 22.3. The van der Waals surface area contributed by atoms with E-state index in [4.69, 9.17) is 37.0 Å². The summed E-state index contributed by atoms with van der Waals surface area (Å²) in [4.78, 5) is 3.74. The number of rotatable bonds is 7. The Morgan fingerprint density at radius 1 is 1.25 bits per heavy atom. The fraction of sp³-hybridized carbons (Fsp3) is 0.320. The van der Waals surface area contributed by atoms with E-state index in [1.807, 2.05) is 45.0 Å². The Morgan fingerprint density at radius 3 is 2.75 bits per heavy atom. The number of benzene rings is 2. The molecule has 3 aromatic rings. The van der Waals surface area contributed by atoms with E-state index in [1.165, 1.54) is 12.1 Å². The fourth-order valence-corrected chi connectivity index (χ4v) is 5.84. The van der Waals surface area contributed by atoms with Crippen LogP contribution in [0.5, 0.6) is 17.2 Å². The second-order valence-corrected chi connectivity index (χ2v) is 11.5. The second kappa shape index (κ2) is 11.0. The first-order chi connectivity index (χ1) is 17.1. The van der Waals surface area contributed by atoms with Crippen molar-refractivity contribution in [1.82, 2.24) is 4.98 Å². The Hall–Kier alpha value is -2.35. The van der Waals surface area contributed by atoms with E-state index in [-0.39, 0.29) is 41.2 Å². The van der Waals surface area contributed by atoms with Crippen LogP contribution in [0, 0.1) is 12.9 Å². The molecule has 0 saturated carbocycles. The van der Waals surface area contributed by atoms with Crippen LogP contribution in [0.4, 0.5) is 10.2 Å². The number of aromatic nitrogens is 1. The molecular weight excluding hydrogens is 529 g/mol. The number of aryl methyl sites for hydroxylation is 1. The molecule has 0 aliphatic carbocycles. The lowest BCUT2D eigenvalue weighted by Crippen LogP contribution is -2.18. The molecule has 0 spiro atoms. The molecule has 1 aliphatic heterocycles. The molecule has 1 fully saturated rings. The lowest BCUT2D eigenvalue weighted by molar-refractivity contribution is 0.0822.